The van der Waals surface area contributed by atoms with Gasteiger partial charge >= 0.3 is 0 Å². The molecule has 0 aromatic carbocycles. The van der Waals surface area contributed by atoms with Gasteiger partial charge in [0, 0.05) is 20.8 Å². The summed E-state index contributed by atoms with van der Waals surface area (Å²) >= 11 is 5.38. The molecule has 0 aliphatic rings. The number of thiophene rings is 1. The highest BCUT2D eigenvalue weighted by molar-refractivity contribution is 9.10. The molecule has 0 radical (unpaired) electrons. The predicted octanol–water partition coefficient (Wildman–Crippen LogP) is 4.86. The molecule has 0 spiro atoms. The Bertz CT molecular complexity index is 333. The van der Waals surface area contributed by atoms with E-state index in [0.29, 0.717) is 11.5 Å². The third-order valence-corrected chi connectivity index (χ3v) is 4.57. The molecule has 1 atom stereocenters. The Balaban J connectivity index is 2.44. The lowest BCUT2D eigenvalue weighted by Crippen LogP contribution is -2.32. The van der Waals surface area contributed by atoms with Gasteiger partial charge in [-0.05, 0) is 60.1 Å². The van der Waals surface area contributed by atoms with Gasteiger partial charge < -0.3 is 5.32 Å². The zero-order valence-electron chi connectivity index (χ0n) is 11.3. The minimum atomic E-state index is 0.366. The van der Waals surface area contributed by atoms with E-state index in [0.717, 1.165) is 6.54 Å². The second-order valence-electron chi connectivity index (χ2n) is 5.63. The summed E-state index contributed by atoms with van der Waals surface area (Å²) in [4.78, 5) is 1.48. The minimum absolute atomic E-state index is 0.366. The first kappa shape index (κ1) is 15.2. The van der Waals surface area contributed by atoms with E-state index >= 15 is 0 Å². The average molecular weight is 318 g/mol. The average Bonchev–Trinajstić information content (AvgIpc) is 2.59. The molecule has 98 valence electrons. The number of hydrogen-bond donors (Lipinski definition) is 1. The smallest absolute Gasteiger partial charge is 0.0285 e. The molecule has 1 heterocycles. The number of hydrogen-bond acceptors (Lipinski definition) is 2. The van der Waals surface area contributed by atoms with Crippen molar-refractivity contribution in [3.8, 4) is 0 Å². The lowest BCUT2D eigenvalue weighted by atomic mass is 9.82. The molecule has 3 heteroatoms. The second-order valence-corrected chi connectivity index (χ2v) is 7.54. The van der Waals surface area contributed by atoms with Gasteiger partial charge in [0.05, 0.1) is 0 Å². The fourth-order valence-electron chi connectivity index (χ4n) is 2.28. The van der Waals surface area contributed by atoms with Crippen LogP contribution in [0.4, 0.5) is 0 Å². The highest BCUT2D eigenvalue weighted by Crippen LogP contribution is 2.31. The van der Waals surface area contributed by atoms with Crippen LogP contribution in [0.3, 0.4) is 0 Å². The van der Waals surface area contributed by atoms with Crippen molar-refractivity contribution in [2.75, 3.05) is 6.54 Å². The predicted molar refractivity (Wildman–Crippen MR) is 81.9 cm³/mol. The molecule has 1 rings (SSSR count). The molecule has 0 saturated carbocycles. The highest BCUT2D eigenvalue weighted by atomic mass is 79.9. The van der Waals surface area contributed by atoms with Crippen LogP contribution < -0.4 is 5.32 Å². The van der Waals surface area contributed by atoms with E-state index in [4.69, 9.17) is 0 Å². The van der Waals surface area contributed by atoms with Crippen LogP contribution in [0.25, 0.3) is 0 Å². The van der Waals surface area contributed by atoms with Crippen molar-refractivity contribution in [3.63, 3.8) is 0 Å². The highest BCUT2D eigenvalue weighted by Gasteiger charge is 2.22. The maximum Gasteiger partial charge on any atom is 0.0285 e. The van der Waals surface area contributed by atoms with Crippen LogP contribution in [-0.2, 0) is 6.42 Å². The summed E-state index contributed by atoms with van der Waals surface area (Å²) in [5, 5.41) is 5.74. The van der Waals surface area contributed by atoms with E-state index in [1.165, 1.54) is 28.6 Å². The quantitative estimate of drug-likeness (QED) is 0.757. The van der Waals surface area contributed by atoms with E-state index in [1.807, 2.05) is 11.3 Å². The van der Waals surface area contributed by atoms with Crippen molar-refractivity contribution >= 4 is 27.3 Å². The molecule has 1 nitrogen and oxygen atoms in total. The minimum Gasteiger partial charge on any atom is -0.314 e. The first-order chi connectivity index (χ1) is 7.93. The Hall–Kier alpha value is 0.140. The molecule has 1 unspecified atom stereocenters. The van der Waals surface area contributed by atoms with E-state index in [1.54, 1.807) is 0 Å². The Morgan fingerprint density at radius 3 is 2.71 bits per heavy atom. The molecule has 1 aromatic heterocycles. The molecule has 0 aliphatic heterocycles. The van der Waals surface area contributed by atoms with Gasteiger partial charge in [0.2, 0.25) is 0 Å². The second kappa shape index (κ2) is 6.91. The molecule has 0 fully saturated rings. The lowest BCUT2D eigenvalue weighted by Gasteiger charge is -2.28. The largest absolute Gasteiger partial charge is 0.314 e. The Kier molecular flexibility index (Phi) is 6.18. The van der Waals surface area contributed by atoms with E-state index in [9.17, 15) is 0 Å². The van der Waals surface area contributed by atoms with Crippen molar-refractivity contribution < 1.29 is 0 Å². The van der Waals surface area contributed by atoms with Gasteiger partial charge in [-0.15, -0.1) is 11.3 Å². The summed E-state index contributed by atoms with van der Waals surface area (Å²) in [7, 11) is 0. The third kappa shape index (κ3) is 6.03. The maximum atomic E-state index is 3.57. The summed E-state index contributed by atoms with van der Waals surface area (Å²) in [5.74, 6) is 0. The molecule has 0 saturated heterocycles. The summed E-state index contributed by atoms with van der Waals surface area (Å²) < 4.78 is 1.21. The molecule has 0 aliphatic carbocycles. The fraction of sp³-hybridized carbons (Fsp3) is 0.714. The summed E-state index contributed by atoms with van der Waals surface area (Å²) in [6, 6.07) is 2.85. The monoisotopic (exact) mass is 317 g/mol. The van der Waals surface area contributed by atoms with Crippen LogP contribution in [0, 0.1) is 5.41 Å². The number of halogens is 1. The summed E-state index contributed by atoms with van der Waals surface area (Å²) in [6.07, 6.45) is 3.60. The van der Waals surface area contributed by atoms with E-state index in [-0.39, 0.29) is 0 Å². The first-order valence-electron chi connectivity index (χ1n) is 6.39. The fourth-order valence-corrected chi connectivity index (χ4v) is 3.99. The zero-order valence-corrected chi connectivity index (χ0v) is 13.7. The van der Waals surface area contributed by atoms with Crippen LogP contribution in [-0.4, -0.2) is 12.6 Å². The summed E-state index contributed by atoms with van der Waals surface area (Å²) in [5.41, 5.74) is 0.366. The van der Waals surface area contributed by atoms with Gasteiger partial charge in [0.25, 0.3) is 0 Å². The molecular formula is C14H24BrNS. The van der Waals surface area contributed by atoms with Crippen LogP contribution >= 0.6 is 27.3 Å². The van der Waals surface area contributed by atoms with Gasteiger partial charge in [-0.1, -0.05) is 20.8 Å². The number of nitrogens with one attached hydrogen (secondary N) is 1. The molecule has 1 N–H and O–H groups in total. The van der Waals surface area contributed by atoms with Gasteiger partial charge in [-0.3, -0.25) is 0 Å². The number of rotatable bonds is 7. The van der Waals surface area contributed by atoms with Crippen molar-refractivity contribution in [2.45, 2.75) is 53.0 Å². The van der Waals surface area contributed by atoms with Crippen molar-refractivity contribution in [2.24, 2.45) is 5.41 Å². The third-order valence-electron chi connectivity index (χ3n) is 2.88. The molecule has 0 bridgehead atoms. The van der Waals surface area contributed by atoms with Crippen LogP contribution in [0.1, 0.15) is 45.4 Å². The van der Waals surface area contributed by atoms with Crippen LogP contribution in [0.2, 0.25) is 0 Å². The first-order valence-corrected chi connectivity index (χ1v) is 8.06. The van der Waals surface area contributed by atoms with Crippen molar-refractivity contribution in [3.05, 3.63) is 20.8 Å². The van der Waals surface area contributed by atoms with Crippen molar-refractivity contribution in [1.82, 2.24) is 5.32 Å². The molecular weight excluding hydrogens is 294 g/mol. The maximum absolute atomic E-state index is 3.57. The van der Waals surface area contributed by atoms with Gasteiger partial charge in [-0.2, -0.15) is 0 Å². The Morgan fingerprint density at radius 2 is 2.18 bits per heavy atom. The topological polar surface area (TPSA) is 12.0 Å². The van der Waals surface area contributed by atoms with Gasteiger partial charge in [0.15, 0.2) is 0 Å². The van der Waals surface area contributed by atoms with Gasteiger partial charge in [0.1, 0.15) is 0 Å². The SMILES string of the molecule is CCCNC(C)CC(C)(C)Cc1cc(Br)cs1. The normalized spacial score (nSPS) is 13.9. The lowest BCUT2D eigenvalue weighted by molar-refractivity contribution is 0.289. The van der Waals surface area contributed by atoms with Crippen LogP contribution in [0.5, 0.6) is 0 Å². The standard InChI is InChI=1S/C14H24BrNS/c1-5-6-16-11(2)8-14(3,4)9-13-7-12(15)10-17-13/h7,10-11,16H,5-6,8-9H2,1-4H3. The van der Waals surface area contributed by atoms with E-state index < -0.39 is 0 Å². The zero-order chi connectivity index (χ0) is 12.9. The van der Waals surface area contributed by atoms with E-state index in [2.05, 4.69) is 60.4 Å². The Morgan fingerprint density at radius 1 is 1.47 bits per heavy atom. The Labute approximate surface area is 118 Å². The molecule has 17 heavy (non-hydrogen) atoms. The summed E-state index contributed by atoms with van der Waals surface area (Å²) in [6.45, 7) is 10.4. The molecule has 0 amide bonds. The molecule has 1 aromatic rings. The van der Waals surface area contributed by atoms with Crippen LogP contribution in [0.15, 0.2) is 15.9 Å². The van der Waals surface area contributed by atoms with Gasteiger partial charge in [-0.25, -0.2) is 0 Å². The van der Waals surface area contributed by atoms with Crippen molar-refractivity contribution in [1.29, 1.82) is 0 Å².